The van der Waals surface area contributed by atoms with Gasteiger partial charge in [-0.25, -0.2) is 15.0 Å². The van der Waals surface area contributed by atoms with Gasteiger partial charge in [-0.05, 0) is 27.7 Å². The highest BCUT2D eigenvalue weighted by molar-refractivity contribution is 6.05. The number of nitrogens with one attached hydrogen (secondary N) is 2. The molecule has 158 valence electrons. The number of fused-ring (bicyclic) bond motifs is 1. The van der Waals surface area contributed by atoms with Crippen LogP contribution in [0.2, 0.25) is 0 Å². The van der Waals surface area contributed by atoms with Crippen LogP contribution < -0.4 is 20.3 Å². The Morgan fingerprint density at radius 3 is 2.90 bits per heavy atom. The van der Waals surface area contributed by atoms with Gasteiger partial charge in [0.15, 0.2) is 5.65 Å². The zero-order chi connectivity index (χ0) is 21.3. The lowest BCUT2D eigenvalue weighted by molar-refractivity contribution is 0.102. The monoisotopic (exact) mass is 410 g/mol. The molecule has 1 unspecified atom stereocenters. The Balaban J connectivity index is 1.61. The van der Waals surface area contributed by atoms with Crippen LogP contribution in [-0.4, -0.2) is 62.5 Å². The molecule has 1 atom stereocenters. The zero-order valence-electron chi connectivity index (χ0n) is 17.6. The van der Waals surface area contributed by atoms with Gasteiger partial charge in [0.1, 0.15) is 11.4 Å². The molecule has 2 N–H and O–H groups in total. The molecule has 4 heterocycles. The summed E-state index contributed by atoms with van der Waals surface area (Å²) in [5.74, 6) is 0.876. The van der Waals surface area contributed by atoms with Crippen LogP contribution in [0.3, 0.4) is 0 Å². The lowest BCUT2D eigenvalue weighted by Gasteiger charge is -2.34. The minimum atomic E-state index is -0.374. The number of rotatable bonds is 5. The smallest absolute Gasteiger partial charge is 0.263 e. The highest BCUT2D eigenvalue weighted by atomic mass is 16.5. The number of nitrogens with zero attached hydrogens (tertiary/aromatic N) is 6. The number of hydrogen-bond donors (Lipinski definition) is 2. The maximum absolute atomic E-state index is 13.0. The molecule has 10 heteroatoms. The van der Waals surface area contributed by atoms with Gasteiger partial charge in [0.2, 0.25) is 11.8 Å². The Bertz CT molecular complexity index is 1080. The first-order chi connectivity index (χ1) is 14.5. The van der Waals surface area contributed by atoms with Crippen LogP contribution in [0.4, 0.5) is 11.8 Å². The van der Waals surface area contributed by atoms with Crippen molar-refractivity contribution in [1.29, 1.82) is 0 Å². The minimum absolute atomic E-state index is 0.255. The number of anilines is 2. The average Bonchev–Trinajstić information content (AvgIpc) is 3.09. The number of hydrogen-bond acceptors (Lipinski definition) is 8. The molecule has 0 bridgehead atoms. The van der Waals surface area contributed by atoms with Gasteiger partial charge in [-0.3, -0.25) is 4.79 Å². The van der Waals surface area contributed by atoms with Crippen molar-refractivity contribution in [3.8, 4) is 5.88 Å². The molecule has 1 amide bonds. The molecular formula is C20H26N8O2. The Morgan fingerprint density at radius 2 is 2.13 bits per heavy atom. The maximum Gasteiger partial charge on any atom is 0.263 e. The van der Waals surface area contributed by atoms with Gasteiger partial charge < -0.3 is 24.7 Å². The Hall–Kier alpha value is -3.27. The Morgan fingerprint density at radius 1 is 1.30 bits per heavy atom. The third-order valence-electron chi connectivity index (χ3n) is 4.99. The highest BCUT2D eigenvalue weighted by Crippen LogP contribution is 2.22. The van der Waals surface area contributed by atoms with E-state index in [1.54, 1.807) is 6.20 Å². The van der Waals surface area contributed by atoms with Gasteiger partial charge in [0, 0.05) is 38.1 Å². The third kappa shape index (κ3) is 3.90. The van der Waals surface area contributed by atoms with E-state index in [1.807, 2.05) is 31.4 Å². The van der Waals surface area contributed by atoms with Crippen molar-refractivity contribution < 1.29 is 9.53 Å². The van der Waals surface area contributed by atoms with E-state index in [4.69, 9.17) is 4.74 Å². The van der Waals surface area contributed by atoms with Crippen molar-refractivity contribution >= 4 is 23.3 Å². The molecule has 4 rings (SSSR count). The summed E-state index contributed by atoms with van der Waals surface area (Å²) in [6.45, 7) is 10.7. The lowest BCUT2D eigenvalue weighted by atomic mass is 10.2. The van der Waals surface area contributed by atoms with Crippen LogP contribution in [0.5, 0.6) is 5.88 Å². The van der Waals surface area contributed by atoms with E-state index in [2.05, 4.69) is 42.4 Å². The quantitative estimate of drug-likeness (QED) is 0.653. The first-order valence-corrected chi connectivity index (χ1v) is 10.1. The van der Waals surface area contributed by atoms with Crippen molar-refractivity contribution in [2.24, 2.45) is 0 Å². The first kappa shape index (κ1) is 20.0. The number of aromatic nitrogens is 5. The zero-order valence-corrected chi connectivity index (χ0v) is 17.6. The second-order valence-corrected chi connectivity index (χ2v) is 7.35. The molecular weight excluding hydrogens is 384 g/mol. The van der Waals surface area contributed by atoms with E-state index in [0.29, 0.717) is 18.4 Å². The lowest BCUT2D eigenvalue weighted by Crippen LogP contribution is -2.50. The molecule has 0 spiro atoms. The molecule has 30 heavy (non-hydrogen) atoms. The number of amides is 1. The number of ether oxygens (including phenoxy) is 1. The largest absolute Gasteiger partial charge is 0.477 e. The fourth-order valence-corrected chi connectivity index (χ4v) is 3.55. The van der Waals surface area contributed by atoms with Crippen molar-refractivity contribution in [3.05, 3.63) is 35.5 Å². The van der Waals surface area contributed by atoms with Crippen LogP contribution in [-0.2, 0) is 0 Å². The fraction of sp³-hybridized carbons (Fsp3) is 0.450. The Labute approximate surface area is 174 Å². The van der Waals surface area contributed by atoms with Crippen molar-refractivity contribution in [2.75, 3.05) is 36.5 Å². The summed E-state index contributed by atoms with van der Waals surface area (Å²) in [5, 5.41) is 6.17. The van der Waals surface area contributed by atoms with Gasteiger partial charge in [-0.1, -0.05) is 0 Å². The van der Waals surface area contributed by atoms with Crippen LogP contribution in [0.1, 0.15) is 35.6 Å². The van der Waals surface area contributed by atoms with E-state index < -0.39 is 0 Å². The van der Waals surface area contributed by atoms with E-state index in [1.165, 1.54) is 6.20 Å². The molecule has 0 aromatic carbocycles. The number of piperazine rings is 1. The summed E-state index contributed by atoms with van der Waals surface area (Å²) in [7, 11) is 0. The maximum atomic E-state index is 13.0. The van der Waals surface area contributed by atoms with Crippen LogP contribution in [0.15, 0.2) is 18.6 Å². The van der Waals surface area contributed by atoms with Gasteiger partial charge >= 0.3 is 0 Å². The molecule has 0 aliphatic carbocycles. The van der Waals surface area contributed by atoms with Crippen molar-refractivity contribution in [3.63, 3.8) is 0 Å². The minimum Gasteiger partial charge on any atom is -0.477 e. The molecule has 10 nitrogen and oxygen atoms in total. The summed E-state index contributed by atoms with van der Waals surface area (Å²) in [6, 6.07) is 0.255. The fourth-order valence-electron chi connectivity index (χ4n) is 3.55. The van der Waals surface area contributed by atoms with Gasteiger partial charge in [0.05, 0.1) is 24.2 Å². The SMILES string of the molecule is CCOc1nc(N2CCNCC2C)ncc1C(=O)Nc1cn2cc(C)nc2c(C)n1. The molecule has 0 radical (unpaired) electrons. The molecule has 3 aromatic heterocycles. The Kier molecular flexibility index (Phi) is 5.49. The molecule has 1 aliphatic rings. The number of imidazole rings is 1. The summed E-state index contributed by atoms with van der Waals surface area (Å²) in [6.07, 6.45) is 5.14. The number of carbonyl (C=O) groups is 1. The van der Waals surface area contributed by atoms with E-state index in [0.717, 1.165) is 36.7 Å². The second-order valence-electron chi connectivity index (χ2n) is 7.35. The molecule has 0 saturated carbocycles. The predicted molar refractivity (Wildman–Crippen MR) is 113 cm³/mol. The summed E-state index contributed by atoms with van der Waals surface area (Å²) >= 11 is 0. The summed E-state index contributed by atoms with van der Waals surface area (Å²) < 4.78 is 7.52. The van der Waals surface area contributed by atoms with E-state index in [9.17, 15) is 4.79 Å². The molecule has 1 fully saturated rings. The number of aryl methyl sites for hydroxylation is 2. The average molecular weight is 410 g/mol. The van der Waals surface area contributed by atoms with Gasteiger partial charge in [-0.15, -0.1) is 0 Å². The molecule has 3 aromatic rings. The molecule has 1 saturated heterocycles. The topological polar surface area (TPSA) is 110 Å². The molecule has 1 aliphatic heterocycles. The van der Waals surface area contributed by atoms with Crippen LogP contribution >= 0.6 is 0 Å². The van der Waals surface area contributed by atoms with Crippen molar-refractivity contribution in [1.82, 2.24) is 29.7 Å². The summed E-state index contributed by atoms with van der Waals surface area (Å²) in [5.41, 5.74) is 2.64. The van der Waals surface area contributed by atoms with E-state index in [-0.39, 0.29) is 23.4 Å². The number of carbonyl (C=O) groups excluding carboxylic acids is 1. The third-order valence-corrected chi connectivity index (χ3v) is 4.99. The predicted octanol–water partition coefficient (Wildman–Crippen LogP) is 1.59. The first-order valence-electron chi connectivity index (χ1n) is 10.1. The van der Waals surface area contributed by atoms with Crippen LogP contribution in [0, 0.1) is 13.8 Å². The van der Waals surface area contributed by atoms with Crippen LogP contribution in [0.25, 0.3) is 5.65 Å². The highest BCUT2D eigenvalue weighted by Gasteiger charge is 2.24. The van der Waals surface area contributed by atoms with Crippen molar-refractivity contribution in [2.45, 2.75) is 33.7 Å². The van der Waals surface area contributed by atoms with E-state index >= 15 is 0 Å². The second kappa shape index (κ2) is 8.23. The standard InChI is InChI=1S/C20H26N8O2/c1-5-30-19-15(9-22-20(26-19)28-7-6-21-8-13(28)3)18(29)25-16-11-27-10-12(2)23-17(27)14(4)24-16/h9-11,13,21H,5-8H2,1-4H3,(H,25,29). The van der Waals surface area contributed by atoms with Gasteiger partial charge in [0.25, 0.3) is 5.91 Å². The van der Waals surface area contributed by atoms with Gasteiger partial charge in [-0.2, -0.15) is 4.98 Å². The summed E-state index contributed by atoms with van der Waals surface area (Å²) in [4.78, 5) is 32.9. The normalized spacial score (nSPS) is 16.7.